The van der Waals surface area contributed by atoms with Crippen molar-refractivity contribution in [2.24, 2.45) is 5.73 Å². The molecule has 0 radical (unpaired) electrons. The topological polar surface area (TPSA) is 291 Å². The van der Waals surface area contributed by atoms with Crippen molar-refractivity contribution in [1.82, 2.24) is 45.1 Å². The van der Waals surface area contributed by atoms with Gasteiger partial charge in [-0.2, -0.15) is 0 Å². The Bertz CT molecular complexity index is 2780. The van der Waals surface area contributed by atoms with E-state index in [-0.39, 0.29) is 49.6 Å². The zero-order valence-electron chi connectivity index (χ0n) is 38.8. The second-order valence-corrected chi connectivity index (χ2v) is 19.3. The fourth-order valence-electron chi connectivity index (χ4n) is 6.06. The number of hydrogen-bond acceptors (Lipinski definition) is 15. The Labute approximate surface area is 399 Å². The SMILES string of the molecule is CC(C)(C)OC(=O)NC(C)(C)C(=O)N[C@H](COCc1ccccc1)c1nnc2ccc([N+](=O)[O-])cn12.CC(C)(N)C(=O)N[C@H](COCc1ccccc1)c1nnc2ccc(NS(C)(=O)=O)cn12.Cl. The molecule has 68 heavy (non-hydrogen) atoms. The number of pyridine rings is 2. The van der Waals surface area contributed by atoms with Gasteiger partial charge in [0.05, 0.1) is 55.0 Å². The Morgan fingerprint density at radius 2 is 1.19 bits per heavy atom. The normalized spacial score (nSPS) is 12.7. The van der Waals surface area contributed by atoms with Crippen LogP contribution in [0.15, 0.2) is 97.3 Å². The minimum atomic E-state index is -3.46. The number of nitro groups is 1. The minimum Gasteiger partial charge on any atom is -0.444 e. The molecular formula is C44H57ClN12O10S. The maximum atomic E-state index is 13.2. The number of fused-ring (bicyclic) bond motifs is 2. The fraction of sp³-hybridized carbons (Fsp3) is 0.386. The molecule has 0 aliphatic rings. The average Bonchev–Trinajstić information content (AvgIpc) is 3.86. The molecule has 0 unspecified atom stereocenters. The molecule has 366 valence electrons. The number of aromatic nitrogens is 6. The number of anilines is 1. The summed E-state index contributed by atoms with van der Waals surface area (Å²) in [6, 6.07) is 23.6. The predicted octanol–water partition coefficient (Wildman–Crippen LogP) is 4.95. The lowest BCUT2D eigenvalue weighted by Crippen LogP contribution is -2.56. The molecule has 0 saturated heterocycles. The van der Waals surface area contributed by atoms with Crippen molar-refractivity contribution in [3.63, 3.8) is 0 Å². The van der Waals surface area contributed by atoms with Crippen LogP contribution in [0, 0.1) is 10.1 Å². The second kappa shape index (κ2) is 22.8. The lowest BCUT2D eigenvalue weighted by atomic mass is 10.0. The molecule has 0 spiro atoms. The number of nitrogens with zero attached hydrogens (tertiary/aromatic N) is 7. The molecular weight excluding hydrogens is 924 g/mol. The number of ether oxygens (including phenoxy) is 3. The van der Waals surface area contributed by atoms with Crippen molar-refractivity contribution < 1.29 is 41.9 Å². The van der Waals surface area contributed by atoms with E-state index in [1.165, 1.54) is 36.6 Å². The van der Waals surface area contributed by atoms with E-state index < -0.39 is 55.7 Å². The van der Waals surface area contributed by atoms with Crippen LogP contribution < -0.4 is 26.4 Å². The van der Waals surface area contributed by atoms with Crippen LogP contribution in [-0.4, -0.2) is 96.6 Å². The maximum Gasteiger partial charge on any atom is 0.408 e. The number of alkyl carbamates (subject to hydrolysis) is 1. The first-order chi connectivity index (χ1) is 31.4. The summed E-state index contributed by atoms with van der Waals surface area (Å²) in [6.45, 7) is 12.1. The monoisotopic (exact) mass is 980 g/mol. The molecule has 6 rings (SSSR count). The number of sulfonamides is 1. The van der Waals surface area contributed by atoms with Crippen molar-refractivity contribution in [2.75, 3.05) is 24.2 Å². The van der Waals surface area contributed by atoms with Crippen LogP contribution in [0.1, 0.15) is 83.3 Å². The van der Waals surface area contributed by atoms with Crippen LogP contribution in [0.5, 0.6) is 0 Å². The Kier molecular flexibility index (Phi) is 18.0. The number of rotatable bonds is 18. The number of carbonyl (C=O) groups is 3. The Morgan fingerprint density at radius 3 is 1.65 bits per heavy atom. The molecule has 2 atom stereocenters. The summed E-state index contributed by atoms with van der Waals surface area (Å²) >= 11 is 0. The van der Waals surface area contributed by atoms with Crippen LogP contribution in [0.2, 0.25) is 0 Å². The van der Waals surface area contributed by atoms with Gasteiger partial charge >= 0.3 is 6.09 Å². The largest absolute Gasteiger partial charge is 0.444 e. The Balaban J connectivity index is 0.000000295. The first kappa shape index (κ1) is 53.8. The number of nitrogens with two attached hydrogens (primary N) is 1. The van der Waals surface area contributed by atoms with Gasteiger partial charge in [-0.05, 0) is 77.8 Å². The molecule has 0 aliphatic carbocycles. The van der Waals surface area contributed by atoms with Crippen molar-refractivity contribution in [3.8, 4) is 0 Å². The zero-order valence-corrected chi connectivity index (χ0v) is 40.5. The third-order valence-corrected chi connectivity index (χ3v) is 9.95. The molecule has 3 amide bonds. The summed E-state index contributed by atoms with van der Waals surface area (Å²) < 4.78 is 45.6. The van der Waals surface area contributed by atoms with Crippen molar-refractivity contribution in [2.45, 2.75) is 90.4 Å². The number of hydrogen-bond donors (Lipinski definition) is 5. The van der Waals surface area contributed by atoms with Crippen LogP contribution >= 0.6 is 12.4 Å². The smallest absolute Gasteiger partial charge is 0.408 e. The number of nitrogens with one attached hydrogen (secondary N) is 4. The highest BCUT2D eigenvalue weighted by molar-refractivity contribution is 7.92. The number of carbonyl (C=O) groups excluding carboxylic acids is 3. The highest BCUT2D eigenvalue weighted by atomic mass is 35.5. The molecule has 24 heteroatoms. The van der Waals surface area contributed by atoms with Crippen LogP contribution in [0.3, 0.4) is 0 Å². The van der Waals surface area contributed by atoms with E-state index in [2.05, 4.69) is 41.1 Å². The van der Waals surface area contributed by atoms with E-state index in [9.17, 15) is 32.9 Å². The predicted molar refractivity (Wildman–Crippen MR) is 254 cm³/mol. The van der Waals surface area contributed by atoms with E-state index in [1.54, 1.807) is 57.3 Å². The molecule has 0 aliphatic heterocycles. The van der Waals surface area contributed by atoms with Crippen molar-refractivity contribution in [3.05, 3.63) is 130 Å². The lowest BCUT2D eigenvalue weighted by Gasteiger charge is -2.29. The molecule has 0 fully saturated rings. The zero-order chi connectivity index (χ0) is 49.2. The summed E-state index contributed by atoms with van der Waals surface area (Å²) in [5, 5.41) is 36.0. The molecule has 4 aromatic heterocycles. The second-order valence-electron chi connectivity index (χ2n) is 17.5. The number of halogens is 1. The van der Waals surface area contributed by atoms with Gasteiger partial charge in [0.15, 0.2) is 22.9 Å². The molecule has 4 heterocycles. The summed E-state index contributed by atoms with van der Waals surface area (Å²) in [4.78, 5) is 48.8. The minimum absolute atomic E-state index is 0. The molecule has 6 aromatic rings. The van der Waals surface area contributed by atoms with Gasteiger partial charge in [0.1, 0.15) is 23.2 Å². The van der Waals surface area contributed by atoms with Gasteiger partial charge in [-0.1, -0.05) is 60.7 Å². The number of amides is 3. The quantitative estimate of drug-likeness (QED) is 0.0563. The van der Waals surface area contributed by atoms with Gasteiger partial charge < -0.3 is 35.9 Å². The summed E-state index contributed by atoms with van der Waals surface area (Å²) in [7, 11) is -3.46. The third-order valence-electron chi connectivity index (χ3n) is 9.35. The van der Waals surface area contributed by atoms with Crippen LogP contribution in [0.4, 0.5) is 16.2 Å². The highest BCUT2D eigenvalue weighted by Gasteiger charge is 2.35. The number of benzene rings is 2. The third kappa shape index (κ3) is 15.9. The highest BCUT2D eigenvalue weighted by Crippen LogP contribution is 2.22. The standard InChI is InChI=1S/C24H30N6O6.C20H26N6O4S.ClH/c1-23(2,3)36-22(32)26-24(4,5)21(31)25-18(15-35-14-16-9-7-6-8-10-16)20-28-27-19-12-11-17(30(33)34)13-29(19)20;1-20(2,21)19(27)22-16(13-30-12-14-7-5-4-6-8-14)18-24-23-17-10-9-15(11-26(17)18)25-31(3,28)29;/h6-13,18H,14-15H2,1-5H3,(H,25,31)(H,26,32);4-11,16,25H,12-13,21H2,1-3H3,(H,22,27);1H/t18-;16-;/m11./s1. The molecule has 2 aromatic carbocycles. The Hall–Kier alpha value is -6.79. The lowest BCUT2D eigenvalue weighted by molar-refractivity contribution is -0.385. The van der Waals surface area contributed by atoms with E-state index in [1.807, 2.05) is 60.7 Å². The molecule has 0 saturated carbocycles. The first-order valence-corrected chi connectivity index (χ1v) is 22.7. The van der Waals surface area contributed by atoms with E-state index >= 15 is 0 Å². The first-order valence-electron chi connectivity index (χ1n) is 20.9. The van der Waals surface area contributed by atoms with Gasteiger partial charge in [0.25, 0.3) is 5.69 Å². The molecule has 22 nitrogen and oxygen atoms in total. The molecule has 6 N–H and O–H groups in total. The summed E-state index contributed by atoms with van der Waals surface area (Å²) in [5.74, 6) is -0.298. The van der Waals surface area contributed by atoms with Gasteiger partial charge in [-0.15, -0.1) is 32.8 Å². The van der Waals surface area contributed by atoms with Gasteiger partial charge in [0.2, 0.25) is 21.8 Å². The van der Waals surface area contributed by atoms with Gasteiger partial charge in [-0.3, -0.25) is 33.2 Å². The van der Waals surface area contributed by atoms with E-state index in [0.29, 0.717) is 29.4 Å². The average molecular weight is 982 g/mol. The van der Waals surface area contributed by atoms with E-state index in [4.69, 9.17) is 19.9 Å². The van der Waals surface area contributed by atoms with Crippen LogP contribution in [0.25, 0.3) is 11.3 Å². The van der Waals surface area contributed by atoms with E-state index in [0.717, 1.165) is 17.4 Å². The van der Waals surface area contributed by atoms with Gasteiger partial charge in [-0.25, -0.2) is 13.2 Å². The van der Waals surface area contributed by atoms with Crippen molar-refractivity contribution >= 4 is 63.0 Å². The molecule has 0 bridgehead atoms. The van der Waals surface area contributed by atoms with Crippen molar-refractivity contribution in [1.29, 1.82) is 0 Å². The summed E-state index contributed by atoms with van der Waals surface area (Å²) in [5.41, 5.74) is 5.68. The Morgan fingerprint density at radius 1 is 0.721 bits per heavy atom. The van der Waals surface area contributed by atoms with Crippen LogP contribution in [-0.2, 0) is 47.0 Å². The summed E-state index contributed by atoms with van der Waals surface area (Å²) in [6.07, 6.45) is 3.15. The fourth-order valence-corrected chi connectivity index (χ4v) is 6.61. The van der Waals surface area contributed by atoms with Gasteiger partial charge in [0, 0.05) is 12.3 Å². The maximum absolute atomic E-state index is 13.2.